The number of nitriles is 1. The highest BCUT2D eigenvalue weighted by molar-refractivity contribution is 5.84. The fourth-order valence-electron chi connectivity index (χ4n) is 1.90. The van der Waals surface area contributed by atoms with E-state index >= 15 is 0 Å². The predicted octanol–water partition coefficient (Wildman–Crippen LogP) is 1.57. The average Bonchev–Trinajstić information content (AvgIpc) is 2.89. The highest BCUT2D eigenvalue weighted by atomic mass is 16.3. The van der Waals surface area contributed by atoms with Crippen molar-refractivity contribution in [2.75, 3.05) is 5.73 Å². The third kappa shape index (κ3) is 1.38. The van der Waals surface area contributed by atoms with Crippen LogP contribution in [-0.2, 0) is 0 Å². The molecule has 0 atom stereocenters. The highest BCUT2D eigenvalue weighted by Gasteiger charge is 2.13. The van der Waals surface area contributed by atoms with E-state index in [1.54, 1.807) is 18.2 Å². The molecule has 0 unspecified atom stereocenters. The summed E-state index contributed by atoms with van der Waals surface area (Å²) in [5, 5.41) is 9.01. The van der Waals surface area contributed by atoms with Crippen LogP contribution in [-0.4, -0.2) is 9.97 Å². The number of H-pyrrole nitrogens is 2. The highest BCUT2D eigenvalue weighted by Crippen LogP contribution is 2.30. The topological polar surface area (TPSA) is 112 Å². The maximum atomic E-state index is 11.2. The number of hydrogen-bond donors (Lipinski definition) is 3. The minimum Gasteiger partial charge on any atom is -0.447 e. The Balaban J connectivity index is 2.25. The molecule has 0 aliphatic rings. The summed E-state index contributed by atoms with van der Waals surface area (Å²) in [4.78, 5) is 16.5. The van der Waals surface area contributed by atoms with Crippen LogP contribution in [0.25, 0.3) is 22.2 Å². The van der Waals surface area contributed by atoms with Gasteiger partial charge >= 0.3 is 5.69 Å². The first-order chi connectivity index (χ1) is 8.69. The van der Waals surface area contributed by atoms with Crippen LogP contribution in [0.4, 0.5) is 5.88 Å². The fourth-order valence-corrected chi connectivity index (χ4v) is 1.90. The van der Waals surface area contributed by atoms with E-state index in [0.717, 1.165) is 5.56 Å². The third-order valence-corrected chi connectivity index (χ3v) is 2.76. The molecule has 3 rings (SSSR count). The van der Waals surface area contributed by atoms with Crippen molar-refractivity contribution >= 4 is 16.9 Å². The zero-order valence-electron chi connectivity index (χ0n) is 9.15. The zero-order chi connectivity index (χ0) is 12.7. The van der Waals surface area contributed by atoms with Crippen LogP contribution in [0, 0.1) is 11.3 Å². The number of nitrogen functional groups attached to an aromatic ring is 1. The molecule has 3 aromatic rings. The number of hydrogen-bond acceptors (Lipinski definition) is 4. The van der Waals surface area contributed by atoms with Crippen molar-refractivity contribution in [2.45, 2.75) is 0 Å². The van der Waals surface area contributed by atoms with Crippen LogP contribution >= 0.6 is 0 Å². The van der Waals surface area contributed by atoms with Crippen LogP contribution in [0.1, 0.15) is 5.56 Å². The van der Waals surface area contributed by atoms with Crippen LogP contribution in [0.2, 0.25) is 0 Å². The smallest absolute Gasteiger partial charge is 0.323 e. The molecule has 0 aliphatic carbocycles. The van der Waals surface area contributed by atoms with Gasteiger partial charge in [0.2, 0.25) is 5.88 Å². The molecule has 0 saturated heterocycles. The normalized spacial score (nSPS) is 10.6. The molecule has 0 bridgehead atoms. The number of fused-ring (bicyclic) bond motifs is 1. The van der Waals surface area contributed by atoms with E-state index in [4.69, 9.17) is 15.4 Å². The number of rotatable bonds is 1. The molecule has 0 saturated carbocycles. The van der Waals surface area contributed by atoms with E-state index in [9.17, 15) is 4.79 Å². The fraction of sp³-hybridized carbons (Fsp3) is 0. The van der Waals surface area contributed by atoms with Gasteiger partial charge < -0.3 is 20.1 Å². The standard InChI is InChI=1S/C12H8N4O2/c13-4-7-8(5-18-11(7)14)6-1-2-9-10(3-6)16-12(17)15-9/h1-3,5H,14H2,(H2,15,16,17). The quantitative estimate of drug-likeness (QED) is 0.599. The Labute approximate surface area is 101 Å². The molecule has 88 valence electrons. The Morgan fingerprint density at radius 2 is 2.06 bits per heavy atom. The Kier molecular flexibility index (Phi) is 2.01. The Morgan fingerprint density at radius 1 is 1.28 bits per heavy atom. The molecule has 18 heavy (non-hydrogen) atoms. The number of imidazole rings is 1. The molecular weight excluding hydrogens is 232 g/mol. The molecular formula is C12H8N4O2. The number of anilines is 1. The molecule has 0 radical (unpaired) electrons. The molecule has 6 nitrogen and oxygen atoms in total. The van der Waals surface area contributed by atoms with E-state index in [1.165, 1.54) is 6.26 Å². The SMILES string of the molecule is N#Cc1c(-c2ccc3[nH]c(=O)[nH]c3c2)coc1N. The average molecular weight is 240 g/mol. The molecule has 0 aliphatic heterocycles. The summed E-state index contributed by atoms with van der Waals surface area (Å²) >= 11 is 0. The van der Waals surface area contributed by atoms with E-state index in [0.29, 0.717) is 22.2 Å². The minimum absolute atomic E-state index is 0.0927. The van der Waals surface area contributed by atoms with Gasteiger partial charge in [0.05, 0.1) is 11.0 Å². The van der Waals surface area contributed by atoms with Gasteiger partial charge in [0.15, 0.2) is 0 Å². The van der Waals surface area contributed by atoms with Gasteiger partial charge in [-0.3, -0.25) is 0 Å². The molecule has 2 aromatic heterocycles. The first kappa shape index (κ1) is 10.2. The number of aromatic nitrogens is 2. The number of furan rings is 1. The Bertz CT molecular complexity index is 832. The molecule has 0 fully saturated rings. The van der Waals surface area contributed by atoms with Gasteiger partial charge in [-0.05, 0) is 17.7 Å². The Morgan fingerprint density at radius 3 is 2.83 bits per heavy atom. The lowest BCUT2D eigenvalue weighted by molar-refractivity contribution is 0.588. The summed E-state index contributed by atoms with van der Waals surface area (Å²) < 4.78 is 5.03. The van der Waals surface area contributed by atoms with Gasteiger partial charge in [-0.15, -0.1) is 0 Å². The number of nitrogens with two attached hydrogens (primary N) is 1. The molecule has 4 N–H and O–H groups in total. The van der Waals surface area contributed by atoms with Crippen molar-refractivity contribution in [3.63, 3.8) is 0 Å². The second kappa shape index (κ2) is 3.53. The van der Waals surface area contributed by atoms with Crippen molar-refractivity contribution < 1.29 is 4.42 Å². The number of benzene rings is 1. The second-order valence-corrected chi connectivity index (χ2v) is 3.84. The summed E-state index contributed by atoms with van der Waals surface area (Å²) in [6.07, 6.45) is 1.43. The van der Waals surface area contributed by atoms with Gasteiger partial charge in [-0.25, -0.2) is 4.79 Å². The van der Waals surface area contributed by atoms with Crippen LogP contribution < -0.4 is 11.4 Å². The molecule has 0 spiro atoms. The summed E-state index contributed by atoms with van der Waals surface area (Å²) in [5.41, 5.74) is 8.33. The first-order valence-electron chi connectivity index (χ1n) is 5.18. The van der Waals surface area contributed by atoms with E-state index in [-0.39, 0.29) is 11.6 Å². The van der Waals surface area contributed by atoms with Crippen LogP contribution in [0.3, 0.4) is 0 Å². The maximum absolute atomic E-state index is 11.2. The van der Waals surface area contributed by atoms with Crippen LogP contribution in [0.5, 0.6) is 0 Å². The summed E-state index contributed by atoms with van der Waals surface area (Å²) in [7, 11) is 0. The third-order valence-electron chi connectivity index (χ3n) is 2.76. The van der Waals surface area contributed by atoms with Gasteiger partial charge in [0.1, 0.15) is 17.9 Å². The second-order valence-electron chi connectivity index (χ2n) is 3.84. The number of nitrogens with one attached hydrogen (secondary N) is 2. The zero-order valence-corrected chi connectivity index (χ0v) is 9.15. The largest absolute Gasteiger partial charge is 0.447 e. The van der Waals surface area contributed by atoms with E-state index < -0.39 is 0 Å². The van der Waals surface area contributed by atoms with Crippen molar-refractivity contribution in [3.05, 3.63) is 40.5 Å². The van der Waals surface area contributed by atoms with Gasteiger partial charge in [-0.1, -0.05) is 6.07 Å². The van der Waals surface area contributed by atoms with Crippen molar-refractivity contribution in [1.82, 2.24) is 9.97 Å². The molecule has 6 heteroatoms. The van der Waals surface area contributed by atoms with Crippen molar-refractivity contribution in [2.24, 2.45) is 0 Å². The van der Waals surface area contributed by atoms with Crippen LogP contribution in [0.15, 0.2) is 33.7 Å². The summed E-state index contributed by atoms with van der Waals surface area (Å²) in [6, 6.07) is 7.31. The van der Waals surface area contributed by atoms with Gasteiger partial charge in [0.25, 0.3) is 0 Å². The summed E-state index contributed by atoms with van der Waals surface area (Å²) in [5.74, 6) is 0.0927. The minimum atomic E-state index is -0.269. The number of nitrogens with zero attached hydrogens (tertiary/aromatic N) is 1. The predicted molar refractivity (Wildman–Crippen MR) is 65.7 cm³/mol. The number of aromatic amines is 2. The Hall–Kier alpha value is -2.94. The van der Waals surface area contributed by atoms with E-state index in [2.05, 4.69) is 9.97 Å². The first-order valence-corrected chi connectivity index (χ1v) is 5.18. The molecule has 2 heterocycles. The summed E-state index contributed by atoms with van der Waals surface area (Å²) in [6.45, 7) is 0. The van der Waals surface area contributed by atoms with Crippen molar-refractivity contribution in [3.8, 4) is 17.2 Å². The molecule has 0 amide bonds. The lowest BCUT2D eigenvalue weighted by Crippen LogP contribution is -1.99. The van der Waals surface area contributed by atoms with Crippen molar-refractivity contribution in [1.29, 1.82) is 5.26 Å². The lowest BCUT2D eigenvalue weighted by atomic mass is 10.0. The van der Waals surface area contributed by atoms with E-state index in [1.807, 2.05) is 6.07 Å². The molecule has 1 aromatic carbocycles. The maximum Gasteiger partial charge on any atom is 0.323 e. The van der Waals surface area contributed by atoms with Gasteiger partial charge in [0, 0.05) is 5.56 Å². The van der Waals surface area contributed by atoms with Gasteiger partial charge in [-0.2, -0.15) is 5.26 Å². The lowest BCUT2D eigenvalue weighted by Gasteiger charge is -1.98. The monoisotopic (exact) mass is 240 g/mol.